The van der Waals surface area contributed by atoms with Gasteiger partial charge in [-0.2, -0.15) is 0 Å². The lowest BCUT2D eigenvalue weighted by molar-refractivity contribution is -0.121. The highest BCUT2D eigenvalue weighted by Gasteiger charge is 2.21. The average Bonchev–Trinajstić information content (AvgIpc) is 2.41. The zero-order valence-corrected chi connectivity index (χ0v) is 12.9. The Hall–Kier alpha value is -0.870. The molecular formula is C15H20BrNO2. The first-order valence-electron chi connectivity index (χ1n) is 6.75. The van der Waals surface area contributed by atoms with Gasteiger partial charge in [0.1, 0.15) is 18.1 Å². The lowest BCUT2D eigenvalue weighted by Crippen LogP contribution is -2.37. The summed E-state index contributed by atoms with van der Waals surface area (Å²) >= 11 is 3.40. The molecule has 0 unspecified atom stereocenters. The number of nitrogens with zero attached hydrogens (tertiary/aromatic N) is 1. The quantitative estimate of drug-likeness (QED) is 0.832. The van der Waals surface area contributed by atoms with Crippen molar-refractivity contribution in [3.05, 3.63) is 28.7 Å². The van der Waals surface area contributed by atoms with Gasteiger partial charge in [-0.3, -0.25) is 4.79 Å². The molecule has 0 spiro atoms. The second kappa shape index (κ2) is 7.06. The van der Waals surface area contributed by atoms with Crippen molar-refractivity contribution in [1.29, 1.82) is 0 Å². The summed E-state index contributed by atoms with van der Waals surface area (Å²) in [4.78, 5) is 13.5. The zero-order valence-electron chi connectivity index (χ0n) is 11.3. The van der Waals surface area contributed by atoms with Crippen LogP contribution in [0, 0.1) is 0 Å². The molecule has 0 aliphatic heterocycles. The molecule has 0 saturated heterocycles. The molecule has 1 aromatic carbocycles. The van der Waals surface area contributed by atoms with Gasteiger partial charge in [-0.1, -0.05) is 15.9 Å². The third-order valence-electron chi connectivity index (χ3n) is 3.66. The van der Waals surface area contributed by atoms with Gasteiger partial charge >= 0.3 is 0 Å². The molecule has 1 aromatic rings. The van der Waals surface area contributed by atoms with E-state index in [1.165, 1.54) is 0 Å². The standard InChI is InChI=1S/C15H20BrNO2/c1-17(13-4-6-14(18)7-5-13)10-11-19-15-8-2-12(16)3-9-15/h2-3,8-9,13H,4-7,10-11H2,1H3. The van der Waals surface area contributed by atoms with Gasteiger partial charge in [0.25, 0.3) is 0 Å². The molecule has 1 fully saturated rings. The summed E-state index contributed by atoms with van der Waals surface area (Å²) in [5.74, 6) is 1.31. The zero-order chi connectivity index (χ0) is 13.7. The first-order chi connectivity index (χ1) is 9.15. The highest BCUT2D eigenvalue weighted by Crippen LogP contribution is 2.19. The minimum atomic E-state index is 0.413. The molecular weight excluding hydrogens is 306 g/mol. The van der Waals surface area contributed by atoms with Gasteiger partial charge in [0.2, 0.25) is 0 Å². The number of carbonyl (C=O) groups is 1. The van der Waals surface area contributed by atoms with Gasteiger partial charge < -0.3 is 9.64 Å². The molecule has 1 saturated carbocycles. The van der Waals surface area contributed by atoms with E-state index in [2.05, 4.69) is 27.9 Å². The Morgan fingerprint density at radius 2 is 1.89 bits per heavy atom. The number of likely N-dealkylation sites (N-methyl/N-ethyl adjacent to an activating group) is 1. The monoisotopic (exact) mass is 325 g/mol. The smallest absolute Gasteiger partial charge is 0.133 e. The highest BCUT2D eigenvalue weighted by molar-refractivity contribution is 9.10. The molecule has 0 heterocycles. The molecule has 0 atom stereocenters. The van der Waals surface area contributed by atoms with Crippen LogP contribution in [0.3, 0.4) is 0 Å². The molecule has 4 heteroatoms. The first kappa shape index (κ1) is 14.5. The summed E-state index contributed by atoms with van der Waals surface area (Å²) in [5.41, 5.74) is 0. The van der Waals surface area contributed by atoms with Crippen LogP contribution in [0.2, 0.25) is 0 Å². The van der Waals surface area contributed by atoms with Gasteiger partial charge in [0.05, 0.1) is 0 Å². The Labute approximate surface area is 123 Å². The summed E-state index contributed by atoms with van der Waals surface area (Å²) < 4.78 is 6.77. The number of halogens is 1. The van der Waals surface area contributed by atoms with E-state index in [4.69, 9.17) is 4.74 Å². The van der Waals surface area contributed by atoms with E-state index in [0.717, 1.165) is 42.5 Å². The second-order valence-electron chi connectivity index (χ2n) is 5.05. The van der Waals surface area contributed by atoms with E-state index in [0.29, 0.717) is 18.4 Å². The number of ketones is 1. The summed E-state index contributed by atoms with van der Waals surface area (Å²) in [6.45, 7) is 1.58. The number of Topliss-reactive ketones (excluding diaryl/α,β-unsaturated/α-hetero) is 1. The van der Waals surface area contributed by atoms with Crippen molar-refractivity contribution in [3.63, 3.8) is 0 Å². The number of hydrogen-bond donors (Lipinski definition) is 0. The minimum absolute atomic E-state index is 0.413. The van der Waals surface area contributed by atoms with Crippen LogP contribution in [-0.4, -0.2) is 36.9 Å². The summed E-state index contributed by atoms with van der Waals surface area (Å²) in [7, 11) is 2.12. The van der Waals surface area contributed by atoms with E-state index < -0.39 is 0 Å². The Morgan fingerprint density at radius 3 is 2.53 bits per heavy atom. The van der Waals surface area contributed by atoms with Crippen LogP contribution in [0.5, 0.6) is 5.75 Å². The average molecular weight is 326 g/mol. The number of carbonyl (C=O) groups excluding carboxylic acids is 1. The van der Waals surface area contributed by atoms with E-state index in [9.17, 15) is 4.79 Å². The predicted octanol–water partition coefficient (Wildman–Crippen LogP) is 3.27. The molecule has 3 nitrogen and oxygen atoms in total. The van der Waals surface area contributed by atoms with Crippen molar-refractivity contribution in [2.24, 2.45) is 0 Å². The van der Waals surface area contributed by atoms with Crippen LogP contribution in [0.25, 0.3) is 0 Å². The van der Waals surface area contributed by atoms with Crippen molar-refractivity contribution >= 4 is 21.7 Å². The van der Waals surface area contributed by atoms with Gasteiger partial charge in [0, 0.05) is 29.9 Å². The Balaban J connectivity index is 1.70. The van der Waals surface area contributed by atoms with E-state index in [-0.39, 0.29) is 0 Å². The lowest BCUT2D eigenvalue weighted by atomic mass is 9.93. The van der Waals surface area contributed by atoms with E-state index >= 15 is 0 Å². The fraction of sp³-hybridized carbons (Fsp3) is 0.533. The fourth-order valence-corrected chi connectivity index (χ4v) is 2.65. The third-order valence-corrected chi connectivity index (χ3v) is 4.19. The van der Waals surface area contributed by atoms with Crippen LogP contribution in [-0.2, 0) is 4.79 Å². The molecule has 19 heavy (non-hydrogen) atoms. The third kappa shape index (κ3) is 4.62. The van der Waals surface area contributed by atoms with Gasteiger partial charge in [-0.15, -0.1) is 0 Å². The first-order valence-corrected chi connectivity index (χ1v) is 7.55. The molecule has 0 bridgehead atoms. The molecule has 1 aliphatic rings. The largest absolute Gasteiger partial charge is 0.492 e. The van der Waals surface area contributed by atoms with Crippen LogP contribution in [0.15, 0.2) is 28.7 Å². The van der Waals surface area contributed by atoms with Crippen LogP contribution < -0.4 is 4.74 Å². The van der Waals surface area contributed by atoms with Crippen molar-refractivity contribution in [1.82, 2.24) is 4.90 Å². The number of ether oxygens (including phenoxy) is 1. The van der Waals surface area contributed by atoms with Gasteiger partial charge in [-0.25, -0.2) is 0 Å². The maximum atomic E-state index is 11.2. The number of hydrogen-bond acceptors (Lipinski definition) is 3. The van der Waals surface area contributed by atoms with Crippen molar-refractivity contribution in [2.45, 2.75) is 31.7 Å². The van der Waals surface area contributed by atoms with Crippen molar-refractivity contribution in [3.8, 4) is 5.75 Å². The number of rotatable bonds is 5. The highest BCUT2D eigenvalue weighted by atomic mass is 79.9. The summed E-state index contributed by atoms with van der Waals surface area (Å²) in [5, 5.41) is 0. The Kier molecular flexibility index (Phi) is 5.40. The molecule has 2 rings (SSSR count). The molecule has 0 radical (unpaired) electrons. The van der Waals surface area contributed by atoms with Gasteiger partial charge in [-0.05, 0) is 44.2 Å². The van der Waals surface area contributed by atoms with Crippen LogP contribution >= 0.6 is 15.9 Å². The van der Waals surface area contributed by atoms with E-state index in [1.54, 1.807) is 0 Å². The van der Waals surface area contributed by atoms with Crippen molar-refractivity contribution in [2.75, 3.05) is 20.2 Å². The Morgan fingerprint density at radius 1 is 1.26 bits per heavy atom. The van der Waals surface area contributed by atoms with Crippen LogP contribution in [0.4, 0.5) is 0 Å². The fourth-order valence-electron chi connectivity index (χ4n) is 2.39. The second-order valence-corrected chi connectivity index (χ2v) is 5.97. The minimum Gasteiger partial charge on any atom is -0.492 e. The summed E-state index contributed by atoms with van der Waals surface area (Å²) in [6.07, 6.45) is 3.46. The molecule has 1 aliphatic carbocycles. The number of benzene rings is 1. The maximum absolute atomic E-state index is 11.2. The SMILES string of the molecule is CN(CCOc1ccc(Br)cc1)C1CCC(=O)CC1. The molecule has 104 valence electrons. The Bertz CT molecular complexity index is 409. The summed E-state index contributed by atoms with van der Waals surface area (Å²) in [6, 6.07) is 8.41. The molecule has 0 N–H and O–H groups in total. The predicted molar refractivity (Wildman–Crippen MR) is 79.5 cm³/mol. The van der Waals surface area contributed by atoms with Crippen molar-refractivity contribution < 1.29 is 9.53 Å². The normalized spacial score (nSPS) is 16.9. The lowest BCUT2D eigenvalue weighted by Gasteiger charge is -2.30. The van der Waals surface area contributed by atoms with Crippen LogP contribution in [0.1, 0.15) is 25.7 Å². The maximum Gasteiger partial charge on any atom is 0.133 e. The molecule has 0 aromatic heterocycles. The van der Waals surface area contributed by atoms with Gasteiger partial charge in [0.15, 0.2) is 0 Å². The molecule has 0 amide bonds. The topological polar surface area (TPSA) is 29.5 Å². The van der Waals surface area contributed by atoms with E-state index in [1.807, 2.05) is 24.3 Å².